The second-order valence-corrected chi connectivity index (χ2v) is 4.40. The topological polar surface area (TPSA) is 46.6 Å². The molecule has 0 unspecified atom stereocenters. The number of nitrogens with zero attached hydrogens (tertiary/aromatic N) is 1. The van der Waals surface area contributed by atoms with Crippen LogP contribution in [-0.2, 0) is 14.3 Å². The number of hydrogen-bond acceptors (Lipinski definition) is 3. The Labute approximate surface area is 103 Å². The molecule has 0 aromatic heterocycles. The van der Waals surface area contributed by atoms with Gasteiger partial charge in [0.2, 0.25) is 5.91 Å². The molecule has 0 radical (unpaired) electrons. The fourth-order valence-electron chi connectivity index (χ4n) is 2.42. The molecule has 0 aliphatic heterocycles. The number of rotatable bonds is 4. The Hall–Kier alpha value is -1.32. The molecule has 0 bridgehead atoms. The lowest BCUT2D eigenvalue weighted by Gasteiger charge is -2.25. The molecule has 1 fully saturated rings. The van der Waals surface area contributed by atoms with Crippen molar-refractivity contribution in [3.05, 3.63) is 12.2 Å². The number of methoxy groups -OCH3 is 1. The van der Waals surface area contributed by atoms with E-state index in [9.17, 15) is 9.59 Å². The molecule has 4 heteroatoms. The van der Waals surface area contributed by atoms with Crippen molar-refractivity contribution in [3.8, 4) is 0 Å². The molecule has 4 nitrogen and oxygen atoms in total. The fourth-order valence-corrected chi connectivity index (χ4v) is 2.42. The first-order valence-corrected chi connectivity index (χ1v) is 6.08. The minimum absolute atomic E-state index is 0.0454. The molecule has 96 valence electrons. The number of esters is 1. The van der Waals surface area contributed by atoms with Crippen LogP contribution in [0.5, 0.6) is 0 Å². The smallest absolute Gasteiger partial charge is 0.309 e. The van der Waals surface area contributed by atoms with Crippen molar-refractivity contribution in [1.29, 1.82) is 0 Å². The van der Waals surface area contributed by atoms with E-state index in [1.54, 1.807) is 4.90 Å². The van der Waals surface area contributed by atoms with Crippen molar-refractivity contribution < 1.29 is 14.3 Å². The van der Waals surface area contributed by atoms with Crippen molar-refractivity contribution in [2.75, 3.05) is 20.2 Å². The van der Waals surface area contributed by atoms with Gasteiger partial charge < -0.3 is 9.64 Å². The quantitative estimate of drug-likeness (QED) is 0.553. The van der Waals surface area contributed by atoms with Gasteiger partial charge in [0.15, 0.2) is 0 Å². The van der Waals surface area contributed by atoms with E-state index < -0.39 is 0 Å². The molecule has 2 atom stereocenters. The van der Waals surface area contributed by atoms with Crippen LogP contribution < -0.4 is 0 Å². The predicted molar refractivity (Wildman–Crippen MR) is 65.3 cm³/mol. The van der Waals surface area contributed by atoms with Crippen molar-refractivity contribution in [2.45, 2.75) is 26.7 Å². The van der Waals surface area contributed by atoms with Crippen molar-refractivity contribution in [2.24, 2.45) is 11.8 Å². The third-order valence-corrected chi connectivity index (χ3v) is 3.40. The SMILES string of the molecule is C=C1C[C@H](C(=O)OC)[C@@H](C(=O)N(CC)CC)C1. The third-order valence-electron chi connectivity index (χ3n) is 3.40. The van der Waals surface area contributed by atoms with E-state index >= 15 is 0 Å². The van der Waals surface area contributed by atoms with Gasteiger partial charge >= 0.3 is 5.97 Å². The molecular formula is C13H21NO3. The zero-order valence-corrected chi connectivity index (χ0v) is 10.9. The summed E-state index contributed by atoms with van der Waals surface area (Å²) < 4.78 is 4.76. The maximum absolute atomic E-state index is 12.3. The van der Waals surface area contributed by atoms with E-state index in [4.69, 9.17) is 4.74 Å². The molecular weight excluding hydrogens is 218 g/mol. The number of ether oxygens (including phenoxy) is 1. The molecule has 0 spiro atoms. The van der Waals surface area contributed by atoms with Gasteiger partial charge in [0.1, 0.15) is 0 Å². The maximum atomic E-state index is 12.3. The summed E-state index contributed by atoms with van der Waals surface area (Å²) in [5.41, 5.74) is 0.964. The van der Waals surface area contributed by atoms with E-state index in [0.717, 1.165) is 5.57 Å². The summed E-state index contributed by atoms with van der Waals surface area (Å²) in [6.07, 6.45) is 1.18. The van der Waals surface area contributed by atoms with E-state index in [2.05, 4.69) is 6.58 Å². The molecule has 17 heavy (non-hydrogen) atoms. The van der Waals surface area contributed by atoms with Crippen LogP contribution in [0.1, 0.15) is 26.7 Å². The molecule has 1 rings (SSSR count). The van der Waals surface area contributed by atoms with Crippen LogP contribution in [0.2, 0.25) is 0 Å². The standard InChI is InChI=1S/C13H21NO3/c1-5-14(6-2)12(15)10-7-9(3)8-11(10)13(16)17-4/h10-11H,3,5-8H2,1-2,4H3/t10-,11-/m0/s1. The summed E-state index contributed by atoms with van der Waals surface area (Å²) in [5.74, 6) is -0.881. The van der Waals surface area contributed by atoms with E-state index in [0.29, 0.717) is 25.9 Å². The van der Waals surface area contributed by atoms with Gasteiger partial charge in [-0.05, 0) is 26.7 Å². The first-order valence-electron chi connectivity index (χ1n) is 6.08. The lowest BCUT2D eigenvalue weighted by molar-refractivity contribution is -0.151. The highest BCUT2D eigenvalue weighted by molar-refractivity contribution is 5.86. The number of carbonyl (C=O) groups excluding carboxylic acids is 2. The second kappa shape index (κ2) is 5.84. The van der Waals surface area contributed by atoms with Gasteiger partial charge in [-0.2, -0.15) is 0 Å². The molecule has 1 saturated carbocycles. The molecule has 0 heterocycles. The summed E-state index contributed by atoms with van der Waals surface area (Å²) in [4.78, 5) is 25.7. The summed E-state index contributed by atoms with van der Waals surface area (Å²) in [6, 6.07) is 0. The largest absolute Gasteiger partial charge is 0.469 e. The Morgan fingerprint density at radius 2 is 1.82 bits per heavy atom. The highest BCUT2D eigenvalue weighted by atomic mass is 16.5. The minimum Gasteiger partial charge on any atom is -0.469 e. The highest BCUT2D eigenvalue weighted by Crippen LogP contribution is 2.37. The molecule has 1 amide bonds. The summed E-state index contributed by atoms with van der Waals surface area (Å²) in [5, 5.41) is 0. The van der Waals surface area contributed by atoms with Crippen molar-refractivity contribution in [3.63, 3.8) is 0 Å². The van der Waals surface area contributed by atoms with Crippen LogP contribution in [0.15, 0.2) is 12.2 Å². The first-order chi connectivity index (χ1) is 8.04. The van der Waals surface area contributed by atoms with Crippen LogP contribution >= 0.6 is 0 Å². The van der Waals surface area contributed by atoms with Gasteiger partial charge in [0, 0.05) is 13.1 Å². The summed E-state index contributed by atoms with van der Waals surface area (Å²) >= 11 is 0. The predicted octanol–water partition coefficient (Wildman–Crippen LogP) is 1.61. The minimum atomic E-state index is -0.347. The van der Waals surface area contributed by atoms with E-state index in [1.165, 1.54) is 7.11 Å². The molecule has 0 aromatic carbocycles. The second-order valence-electron chi connectivity index (χ2n) is 4.40. The third kappa shape index (κ3) is 2.87. The van der Waals surface area contributed by atoms with Crippen LogP contribution in [0.25, 0.3) is 0 Å². The average molecular weight is 239 g/mol. The van der Waals surface area contributed by atoms with Crippen LogP contribution in [-0.4, -0.2) is 37.0 Å². The fraction of sp³-hybridized carbons (Fsp3) is 0.692. The zero-order chi connectivity index (χ0) is 13.0. The van der Waals surface area contributed by atoms with Crippen molar-refractivity contribution >= 4 is 11.9 Å². The van der Waals surface area contributed by atoms with Crippen LogP contribution in [0, 0.1) is 11.8 Å². The highest BCUT2D eigenvalue weighted by Gasteiger charge is 2.41. The Morgan fingerprint density at radius 1 is 1.29 bits per heavy atom. The van der Waals surface area contributed by atoms with Gasteiger partial charge in [-0.15, -0.1) is 0 Å². The average Bonchev–Trinajstić information content (AvgIpc) is 2.71. The van der Waals surface area contributed by atoms with Gasteiger partial charge in [0.25, 0.3) is 0 Å². The molecule has 0 aromatic rings. The van der Waals surface area contributed by atoms with Gasteiger partial charge in [-0.25, -0.2) is 0 Å². The number of carbonyl (C=O) groups is 2. The number of allylic oxidation sites excluding steroid dienone is 1. The Kier molecular flexibility index (Phi) is 4.73. The maximum Gasteiger partial charge on any atom is 0.309 e. The Morgan fingerprint density at radius 3 is 2.29 bits per heavy atom. The zero-order valence-electron chi connectivity index (χ0n) is 10.9. The lowest BCUT2D eigenvalue weighted by Crippen LogP contribution is -2.39. The summed E-state index contributed by atoms with van der Waals surface area (Å²) in [7, 11) is 1.36. The number of hydrogen-bond donors (Lipinski definition) is 0. The van der Waals surface area contributed by atoms with Gasteiger partial charge in [0.05, 0.1) is 18.9 Å². The monoisotopic (exact) mass is 239 g/mol. The Bertz CT molecular complexity index is 321. The van der Waals surface area contributed by atoms with Gasteiger partial charge in [-0.1, -0.05) is 12.2 Å². The van der Waals surface area contributed by atoms with Crippen molar-refractivity contribution in [1.82, 2.24) is 4.90 Å². The lowest BCUT2D eigenvalue weighted by atomic mass is 9.94. The van der Waals surface area contributed by atoms with Gasteiger partial charge in [-0.3, -0.25) is 9.59 Å². The molecule has 0 saturated heterocycles. The first kappa shape index (κ1) is 13.7. The molecule has 1 aliphatic carbocycles. The molecule has 1 aliphatic rings. The normalized spacial score (nSPS) is 23.6. The van der Waals surface area contributed by atoms with E-state index in [1.807, 2.05) is 13.8 Å². The summed E-state index contributed by atoms with van der Waals surface area (Å²) in [6.45, 7) is 9.12. The van der Waals surface area contributed by atoms with Crippen LogP contribution in [0.4, 0.5) is 0 Å². The van der Waals surface area contributed by atoms with Crippen LogP contribution in [0.3, 0.4) is 0 Å². The molecule has 0 N–H and O–H groups in total. The van der Waals surface area contributed by atoms with E-state index in [-0.39, 0.29) is 23.7 Å². The Balaban J connectivity index is 2.83. The number of amides is 1.